The Hall–Kier alpha value is 0.0538. The zero-order valence-electron chi connectivity index (χ0n) is 9.92. The first kappa shape index (κ1) is 14.1. The van der Waals surface area contributed by atoms with E-state index >= 15 is 0 Å². The molecule has 0 fully saturated rings. The molecule has 5 heteroatoms. The normalized spacial score (nSPS) is 12.9. The van der Waals surface area contributed by atoms with Gasteiger partial charge >= 0.3 is 8.56 Å². The van der Waals surface area contributed by atoms with E-state index < -0.39 is 16.9 Å². The first-order valence-electron chi connectivity index (χ1n) is 4.74. The lowest BCUT2D eigenvalue weighted by Gasteiger charge is -2.27. The standard InChI is InChI=1S/C9H22O3Si2/c1-7-14(11-3,12-4)9-8-13(5,6)10-2/h7H,1,8-9H2,2-6H3. The summed E-state index contributed by atoms with van der Waals surface area (Å²) in [4.78, 5) is 0. The predicted octanol–water partition coefficient (Wildman–Crippen LogP) is 2.30. The third kappa shape index (κ3) is 4.06. The minimum Gasteiger partial charge on any atom is -0.420 e. The molecule has 0 N–H and O–H groups in total. The van der Waals surface area contributed by atoms with Crippen LogP contribution in [0.3, 0.4) is 0 Å². The molecule has 84 valence electrons. The van der Waals surface area contributed by atoms with Crippen molar-refractivity contribution < 1.29 is 13.3 Å². The van der Waals surface area contributed by atoms with Crippen LogP contribution in [0.1, 0.15) is 0 Å². The quantitative estimate of drug-likeness (QED) is 0.633. The highest BCUT2D eigenvalue weighted by Gasteiger charge is 2.35. The van der Waals surface area contributed by atoms with Crippen LogP contribution in [-0.2, 0) is 13.3 Å². The highest BCUT2D eigenvalue weighted by Crippen LogP contribution is 2.22. The molecule has 0 unspecified atom stereocenters. The van der Waals surface area contributed by atoms with Crippen LogP contribution in [0.25, 0.3) is 0 Å². The minimum atomic E-state index is -2.12. The molecule has 0 rings (SSSR count). The van der Waals surface area contributed by atoms with Crippen molar-refractivity contribution >= 4 is 16.9 Å². The Balaban J connectivity index is 4.26. The highest BCUT2D eigenvalue weighted by atomic mass is 28.4. The summed E-state index contributed by atoms with van der Waals surface area (Å²) in [5.74, 6) is 0. The third-order valence-corrected chi connectivity index (χ3v) is 8.64. The van der Waals surface area contributed by atoms with E-state index in [1.54, 1.807) is 21.3 Å². The van der Waals surface area contributed by atoms with Gasteiger partial charge in [-0.3, -0.25) is 0 Å². The second kappa shape index (κ2) is 5.82. The van der Waals surface area contributed by atoms with E-state index in [-0.39, 0.29) is 0 Å². The molecule has 0 heterocycles. The summed E-state index contributed by atoms with van der Waals surface area (Å²) in [5, 5.41) is 0. The Labute approximate surface area is 89.4 Å². The van der Waals surface area contributed by atoms with Gasteiger partial charge in [-0.25, -0.2) is 0 Å². The summed E-state index contributed by atoms with van der Waals surface area (Å²) in [7, 11) is 1.53. The van der Waals surface area contributed by atoms with Gasteiger partial charge in [0.25, 0.3) is 0 Å². The van der Waals surface area contributed by atoms with Gasteiger partial charge in [0, 0.05) is 21.3 Å². The largest absolute Gasteiger partial charge is 0.420 e. The maximum atomic E-state index is 5.48. The summed E-state index contributed by atoms with van der Waals surface area (Å²) < 4.78 is 16.4. The second-order valence-corrected chi connectivity index (χ2v) is 11.7. The van der Waals surface area contributed by atoms with Crippen molar-refractivity contribution in [2.75, 3.05) is 21.3 Å². The van der Waals surface area contributed by atoms with Crippen LogP contribution in [0.4, 0.5) is 0 Å². The van der Waals surface area contributed by atoms with E-state index in [0.717, 1.165) is 12.1 Å². The molecule has 3 nitrogen and oxygen atoms in total. The molecule has 0 aromatic rings. The topological polar surface area (TPSA) is 27.7 Å². The van der Waals surface area contributed by atoms with E-state index in [0.29, 0.717) is 0 Å². The van der Waals surface area contributed by atoms with Gasteiger partial charge in [-0.1, -0.05) is 0 Å². The average Bonchev–Trinajstić information content (AvgIpc) is 2.21. The van der Waals surface area contributed by atoms with Gasteiger partial charge < -0.3 is 13.3 Å². The Morgan fingerprint density at radius 1 is 1.00 bits per heavy atom. The number of hydrogen-bond acceptors (Lipinski definition) is 3. The van der Waals surface area contributed by atoms with Crippen molar-refractivity contribution in [3.63, 3.8) is 0 Å². The van der Waals surface area contributed by atoms with Crippen LogP contribution in [0.5, 0.6) is 0 Å². The van der Waals surface area contributed by atoms with Crippen LogP contribution in [0.15, 0.2) is 12.3 Å². The number of hydrogen-bond donors (Lipinski definition) is 0. The third-order valence-electron chi connectivity index (χ3n) is 2.63. The minimum absolute atomic E-state index is 0.927. The van der Waals surface area contributed by atoms with Crippen molar-refractivity contribution in [3.8, 4) is 0 Å². The lowest BCUT2D eigenvalue weighted by molar-refractivity contribution is 0.256. The van der Waals surface area contributed by atoms with Crippen LogP contribution in [0.2, 0.25) is 25.2 Å². The fraction of sp³-hybridized carbons (Fsp3) is 0.778. The van der Waals surface area contributed by atoms with Crippen molar-refractivity contribution in [2.24, 2.45) is 0 Å². The second-order valence-electron chi connectivity index (χ2n) is 3.89. The molecule has 0 atom stereocenters. The lowest BCUT2D eigenvalue weighted by atomic mass is 10.9. The molecule has 14 heavy (non-hydrogen) atoms. The summed E-state index contributed by atoms with van der Waals surface area (Å²) >= 11 is 0. The Morgan fingerprint density at radius 3 is 1.79 bits per heavy atom. The zero-order valence-corrected chi connectivity index (χ0v) is 11.9. The fourth-order valence-electron chi connectivity index (χ4n) is 1.13. The van der Waals surface area contributed by atoms with Crippen LogP contribution in [-0.4, -0.2) is 38.2 Å². The van der Waals surface area contributed by atoms with Gasteiger partial charge in [-0.15, -0.1) is 6.58 Å². The Bertz CT molecular complexity index is 179. The molecule has 0 aromatic carbocycles. The highest BCUT2D eigenvalue weighted by molar-refractivity contribution is 6.77. The van der Waals surface area contributed by atoms with Crippen molar-refractivity contribution in [2.45, 2.75) is 25.2 Å². The van der Waals surface area contributed by atoms with Crippen LogP contribution < -0.4 is 0 Å². The molecule has 0 amide bonds. The average molecular weight is 234 g/mol. The maximum Gasteiger partial charge on any atom is 0.363 e. The molecule has 0 saturated carbocycles. The molecule has 0 aromatic heterocycles. The first-order chi connectivity index (χ1) is 6.45. The van der Waals surface area contributed by atoms with Gasteiger partial charge in [0.1, 0.15) is 0 Å². The van der Waals surface area contributed by atoms with Crippen LogP contribution in [0, 0.1) is 0 Å². The zero-order chi connectivity index (χ0) is 11.2. The molecule has 0 spiro atoms. The Morgan fingerprint density at radius 2 is 1.50 bits per heavy atom. The summed E-state index contributed by atoms with van der Waals surface area (Å²) in [5.41, 5.74) is 1.84. The fourth-order valence-corrected chi connectivity index (χ4v) is 6.25. The van der Waals surface area contributed by atoms with Gasteiger partial charge in [0.15, 0.2) is 8.32 Å². The van der Waals surface area contributed by atoms with E-state index in [2.05, 4.69) is 19.7 Å². The first-order valence-corrected chi connectivity index (χ1v) is 9.96. The van der Waals surface area contributed by atoms with E-state index in [1.807, 2.05) is 5.70 Å². The lowest BCUT2D eigenvalue weighted by Crippen LogP contribution is -2.41. The van der Waals surface area contributed by atoms with Crippen molar-refractivity contribution in [1.29, 1.82) is 0 Å². The molecule has 0 aliphatic carbocycles. The summed E-state index contributed by atoms with van der Waals surface area (Å²) in [6.07, 6.45) is 0. The molecular formula is C9H22O3Si2. The van der Waals surface area contributed by atoms with Gasteiger partial charge in [0.2, 0.25) is 0 Å². The molecular weight excluding hydrogens is 212 g/mol. The van der Waals surface area contributed by atoms with Gasteiger partial charge in [-0.05, 0) is 30.9 Å². The van der Waals surface area contributed by atoms with Crippen molar-refractivity contribution in [1.82, 2.24) is 0 Å². The SMILES string of the molecule is C=C[Si](CC[Si](C)(C)OC)(OC)OC. The molecule has 0 radical (unpaired) electrons. The monoisotopic (exact) mass is 234 g/mol. The van der Waals surface area contributed by atoms with E-state index in [9.17, 15) is 0 Å². The van der Waals surface area contributed by atoms with Crippen LogP contribution >= 0.6 is 0 Å². The molecule has 0 saturated heterocycles. The van der Waals surface area contributed by atoms with E-state index in [1.165, 1.54) is 0 Å². The molecule has 0 bridgehead atoms. The summed E-state index contributed by atoms with van der Waals surface area (Å²) in [6, 6.07) is 1.97. The van der Waals surface area contributed by atoms with E-state index in [4.69, 9.17) is 13.3 Å². The predicted molar refractivity (Wildman–Crippen MR) is 64.1 cm³/mol. The smallest absolute Gasteiger partial charge is 0.363 e. The maximum absolute atomic E-state index is 5.48. The molecule has 0 aliphatic heterocycles. The van der Waals surface area contributed by atoms with Crippen molar-refractivity contribution in [3.05, 3.63) is 12.3 Å². The molecule has 0 aliphatic rings. The van der Waals surface area contributed by atoms with Gasteiger partial charge in [-0.2, -0.15) is 0 Å². The summed E-state index contributed by atoms with van der Waals surface area (Å²) in [6.45, 7) is 8.18. The Kier molecular flexibility index (Phi) is 5.84. The number of rotatable bonds is 7. The van der Waals surface area contributed by atoms with Gasteiger partial charge in [0.05, 0.1) is 0 Å².